The van der Waals surface area contributed by atoms with E-state index in [0.717, 1.165) is 22.7 Å². The molecule has 2 aromatic rings. The highest BCUT2D eigenvalue weighted by atomic mass is 16.1. The first-order valence-corrected chi connectivity index (χ1v) is 6.18. The first-order valence-electron chi connectivity index (χ1n) is 6.18. The number of amides is 1. The van der Waals surface area contributed by atoms with Gasteiger partial charge in [0, 0.05) is 25.5 Å². The standard InChI is InChI=1S/C15H16N4O/c1-19(2)15-9-7-14(8-10-15)18-17-13-5-3-12(4-6-13)16-11-20/h3-11H,1-2H3,(H,16,20). The van der Waals surface area contributed by atoms with Crippen molar-refractivity contribution in [2.75, 3.05) is 24.3 Å². The number of hydrogen-bond acceptors (Lipinski definition) is 4. The second-order valence-electron chi connectivity index (χ2n) is 4.42. The van der Waals surface area contributed by atoms with Gasteiger partial charge in [0.2, 0.25) is 6.41 Å². The normalized spacial score (nSPS) is 10.5. The molecule has 2 rings (SSSR count). The predicted octanol–water partition coefficient (Wildman–Crippen LogP) is 3.74. The Labute approximate surface area is 118 Å². The fourth-order valence-electron chi connectivity index (χ4n) is 1.63. The van der Waals surface area contributed by atoms with Gasteiger partial charge in [-0.05, 0) is 48.5 Å². The zero-order valence-corrected chi connectivity index (χ0v) is 11.4. The Morgan fingerprint density at radius 3 is 1.85 bits per heavy atom. The highest BCUT2D eigenvalue weighted by Gasteiger charge is 1.95. The molecule has 20 heavy (non-hydrogen) atoms. The van der Waals surface area contributed by atoms with Crippen LogP contribution in [-0.4, -0.2) is 20.5 Å². The van der Waals surface area contributed by atoms with Gasteiger partial charge in [0.25, 0.3) is 0 Å². The van der Waals surface area contributed by atoms with Gasteiger partial charge in [-0.15, -0.1) is 0 Å². The van der Waals surface area contributed by atoms with Crippen molar-refractivity contribution in [3.05, 3.63) is 48.5 Å². The van der Waals surface area contributed by atoms with E-state index in [9.17, 15) is 4.79 Å². The van der Waals surface area contributed by atoms with Crippen LogP contribution in [-0.2, 0) is 4.79 Å². The van der Waals surface area contributed by atoms with Gasteiger partial charge in [0.05, 0.1) is 11.4 Å². The number of rotatable bonds is 5. The van der Waals surface area contributed by atoms with Crippen molar-refractivity contribution >= 4 is 29.2 Å². The average Bonchev–Trinajstić information content (AvgIpc) is 2.47. The van der Waals surface area contributed by atoms with Crippen LogP contribution in [0.2, 0.25) is 0 Å². The molecule has 0 aliphatic rings. The van der Waals surface area contributed by atoms with Crippen LogP contribution in [0.4, 0.5) is 22.7 Å². The van der Waals surface area contributed by atoms with Crippen LogP contribution in [0.25, 0.3) is 0 Å². The van der Waals surface area contributed by atoms with Crippen molar-refractivity contribution in [3.63, 3.8) is 0 Å². The van der Waals surface area contributed by atoms with E-state index in [1.54, 1.807) is 24.3 Å². The van der Waals surface area contributed by atoms with Crippen LogP contribution in [0.15, 0.2) is 58.8 Å². The molecule has 2 aromatic carbocycles. The van der Waals surface area contributed by atoms with E-state index in [1.807, 2.05) is 43.3 Å². The maximum atomic E-state index is 10.3. The lowest BCUT2D eigenvalue weighted by atomic mass is 10.3. The molecule has 5 heteroatoms. The summed E-state index contributed by atoms with van der Waals surface area (Å²) < 4.78 is 0. The molecule has 1 N–H and O–H groups in total. The van der Waals surface area contributed by atoms with Gasteiger partial charge in [-0.1, -0.05) is 0 Å². The van der Waals surface area contributed by atoms with Crippen LogP contribution in [0.3, 0.4) is 0 Å². The molecule has 0 heterocycles. The Hall–Kier alpha value is -2.69. The summed E-state index contributed by atoms with van der Waals surface area (Å²) in [4.78, 5) is 12.3. The minimum Gasteiger partial charge on any atom is -0.378 e. The molecule has 0 atom stereocenters. The average molecular weight is 268 g/mol. The van der Waals surface area contributed by atoms with Crippen LogP contribution >= 0.6 is 0 Å². The number of nitrogens with one attached hydrogen (secondary N) is 1. The number of carbonyl (C=O) groups is 1. The molecular formula is C15H16N4O. The van der Waals surface area contributed by atoms with Crippen LogP contribution in [0, 0.1) is 0 Å². The van der Waals surface area contributed by atoms with Crippen molar-refractivity contribution in [1.29, 1.82) is 0 Å². The van der Waals surface area contributed by atoms with Gasteiger partial charge in [0.1, 0.15) is 0 Å². The summed E-state index contributed by atoms with van der Waals surface area (Å²) in [6, 6.07) is 15.0. The highest BCUT2D eigenvalue weighted by Crippen LogP contribution is 2.22. The summed E-state index contributed by atoms with van der Waals surface area (Å²) in [5, 5.41) is 10.9. The fourth-order valence-corrected chi connectivity index (χ4v) is 1.63. The molecular weight excluding hydrogens is 252 g/mol. The molecule has 0 aliphatic carbocycles. The lowest BCUT2D eigenvalue weighted by molar-refractivity contribution is -0.105. The molecule has 0 radical (unpaired) electrons. The summed E-state index contributed by atoms with van der Waals surface area (Å²) in [6.45, 7) is 0. The number of benzene rings is 2. The number of azo groups is 1. The van der Waals surface area contributed by atoms with Crippen molar-refractivity contribution in [3.8, 4) is 0 Å². The van der Waals surface area contributed by atoms with E-state index in [-0.39, 0.29) is 0 Å². The third-order valence-electron chi connectivity index (χ3n) is 2.74. The minimum absolute atomic E-state index is 0.642. The van der Waals surface area contributed by atoms with Crippen molar-refractivity contribution in [2.45, 2.75) is 0 Å². The van der Waals surface area contributed by atoms with Crippen molar-refractivity contribution < 1.29 is 4.79 Å². The Balaban J connectivity index is 2.06. The van der Waals surface area contributed by atoms with Crippen LogP contribution < -0.4 is 10.2 Å². The fraction of sp³-hybridized carbons (Fsp3) is 0.133. The zero-order valence-electron chi connectivity index (χ0n) is 11.4. The quantitative estimate of drug-likeness (QED) is 0.663. The van der Waals surface area contributed by atoms with E-state index in [1.165, 1.54) is 0 Å². The molecule has 0 aliphatic heterocycles. The van der Waals surface area contributed by atoms with Crippen molar-refractivity contribution in [1.82, 2.24) is 0 Å². The maximum absolute atomic E-state index is 10.3. The largest absolute Gasteiger partial charge is 0.378 e. The summed E-state index contributed by atoms with van der Waals surface area (Å²) in [6.07, 6.45) is 0.642. The lowest BCUT2D eigenvalue weighted by Gasteiger charge is -2.11. The van der Waals surface area contributed by atoms with Gasteiger partial charge in [-0.3, -0.25) is 4.79 Å². The zero-order chi connectivity index (χ0) is 14.4. The van der Waals surface area contributed by atoms with E-state index in [4.69, 9.17) is 0 Å². The maximum Gasteiger partial charge on any atom is 0.211 e. The first kappa shape index (κ1) is 13.7. The van der Waals surface area contributed by atoms with Crippen LogP contribution in [0.1, 0.15) is 0 Å². The Kier molecular flexibility index (Phi) is 4.44. The molecule has 0 saturated carbocycles. The predicted molar refractivity (Wildman–Crippen MR) is 81.1 cm³/mol. The van der Waals surface area contributed by atoms with Gasteiger partial charge < -0.3 is 10.2 Å². The number of hydrogen-bond donors (Lipinski definition) is 1. The number of nitrogens with zero attached hydrogens (tertiary/aromatic N) is 3. The second kappa shape index (κ2) is 6.47. The monoisotopic (exact) mass is 268 g/mol. The Morgan fingerprint density at radius 2 is 1.40 bits per heavy atom. The third-order valence-corrected chi connectivity index (χ3v) is 2.74. The molecule has 0 bridgehead atoms. The van der Waals surface area contributed by atoms with Crippen molar-refractivity contribution in [2.24, 2.45) is 10.2 Å². The highest BCUT2D eigenvalue weighted by molar-refractivity contribution is 5.71. The summed E-state index contributed by atoms with van der Waals surface area (Å²) in [5.41, 5.74) is 3.38. The van der Waals surface area contributed by atoms with E-state index in [0.29, 0.717) is 6.41 Å². The van der Waals surface area contributed by atoms with Gasteiger partial charge in [0.15, 0.2) is 0 Å². The lowest BCUT2D eigenvalue weighted by Crippen LogP contribution is -2.07. The van der Waals surface area contributed by atoms with Crippen LogP contribution in [0.5, 0.6) is 0 Å². The van der Waals surface area contributed by atoms with Gasteiger partial charge in [-0.25, -0.2) is 0 Å². The summed E-state index contributed by atoms with van der Waals surface area (Å²) >= 11 is 0. The molecule has 5 nitrogen and oxygen atoms in total. The smallest absolute Gasteiger partial charge is 0.211 e. The SMILES string of the molecule is CN(C)c1ccc(N=Nc2ccc(NC=O)cc2)cc1. The molecule has 0 spiro atoms. The summed E-state index contributed by atoms with van der Waals surface area (Å²) in [7, 11) is 3.98. The molecule has 102 valence electrons. The Morgan fingerprint density at radius 1 is 0.900 bits per heavy atom. The van der Waals surface area contributed by atoms with E-state index in [2.05, 4.69) is 15.5 Å². The first-order chi connectivity index (χ1) is 9.69. The second-order valence-corrected chi connectivity index (χ2v) is 4.42. The molecule has 0 saturated heterocycles. The third kappa shape index (κ3) is 3.65. The molecule has 0 unspecified atom stereocenters. The number of anilines is 2. The summed E-state index contributed by atoms with van der Waals surface area (Å²) in [5.74, 6) is 0. The molecule has 1 amide bonds. The topological polar surface area (TPSA) is 57.1 Å². The van der Waals surface area contributed by atoms with E-state index < -0.39 is 0 Å². The minimum atomic E-state index is 0.642. The Bertz CT molecular complexity index is 588. The molecule has 0 fully saturated rings. The molecule has 0 aromatic heterocycles. The van der Waals surface area contributed by atoms with E-state index >= 15 is 0 Å². The van der Waals surface area contributed by atoms with Gasteiger partial charge in [-0.2, -0.15) is 10.2 Å². The number of carbonyl (C=O) groups excluding carboxylic acids is 1. The van der Waals surface area contributed by atoms with Gasteiger partial charge >= 0.3 is 0 Å².